The number of aliphatic hydroxyl groups is 2. The molecule has 1 aromatic carbocycles. The van der Waals surface area contributed by atoms with Crippen molar-refractivity contribution in [1.82, 2.24) is 0 Å². The van der Waals surface area contributed by atoms with Gasteiger partial charge in [-0.05, 0) is 36.3 Å². The molecule has 2 unspecified atom stereocenters. The van der Waals surface area contributed by atoms with Gasteiger partial charge in [0.2, 0.25) is 0 Å². The summed E-state index contributed by atoms with van der Waals surface area (Å²) in [5.41, 5.74) is 1.58. The average Bonchev–Trinajstić information content (AvgIpc) is 2.21. The molecule has 0 aliphatic rings. The summed E-state index contributed by atoms with van der Waals surface area (Å²) in [7, 11) is 0. The maximum atomic E-state index is 9.81. The van der Waals surface area contributed by atoms with Crippen LogP contribution >= 0.6 is 24.2 Å². The van der Waals surface area contributed by atoms with Crippen LogP contribution in [0, 0.1) is 6.92 Å². The molecule has 84 valence electrons. The Morgan fingerprint density at radius 3 is 2.60 bits per heavy atom. The Morgan fingerprint density at radius 2 is 2.07 bits per heavy atom. The fourth-order valence-electron chi connectivity index (χ4n) is 1.36. The monoisotopic (exact) mass is 246 g/mol. The summed E-state index contributed by atoms with van der Waals surface area (Å²) in [4.78, 5) is 0. The molecular formula is C11H15ClO2S. The van der Waals surface area contributed by atoms with E-state index in [4.69, 9.17) is 11.6 Å². The number of aliphatic hydroxyl groups excluding tert-OH is 2. The molecule has 1 aromatic rings. The van der Waals surface area contributed by atoms with Gasteiger partial charge in [-0.15, -0.1) is 0 Å². The second kappa shape index (κ2) is 5.75. The topological polar surface area (TPSA) is 40.5 Å². The fourth-order valence-corrected chi connectivity index (χ4v) is 1.75. The predicted octanol–water partition coefficient (Wildman–Crippen LogP) is 2.36. The van der Waals surface area contributed by atoms with Crippen molar-refractivity contribution in [2.24, 2.45) is 0 Å². The molecule has 15 heavy (non-hydrogen) atoms. The van der Waals surface area contributed by atoms with E-state index >= 15 is 0 Å². The van der Waals surface area contributed by atoms with Gasteiger partial charge in [-0.3, -0.25) is 0 Å². The molecule has 0 fully saturated rings. The van der Waals surface area contributed by atoms with Crippen LogP contribution in [-0.2, 0) is 0 Å². The first kappa shape index (κ1) is 12.8. The van der Waals surface area contributed by atoms with E-state index in [0.717, 1.165) is 5.56 Å². The maximum Gasteiger partial charge on any atom is 0.105 e. The number of aryl methyl sites for hydroxylation is 1. The highest BCUT2D eigenvalue weighted by Gasteiger charge is 2.17. The molecule has 2 N–H and O–H groups in total. The normalized spacial score (nSPS) is 15.0. The van der Waals surface area contributed by atoms with Crippen molar-refractivity contribution in [3.8, 4) is 0 Å². The van der Waals surface area contributed by atoms with Crippen molar-refractivity contribution < 1.29 is 10.2 Å². The van der Waals surface area contributed by atoms with Gasteiger partial charge >= 0.3 is 0 Å². The second-order valence-electron chi connectivity index (χ2n) is 3.53. The number of hydrogen-bond donors (Lipinski definition) is 3. The summed E-state index contributed by atoms with van der Waals surface area (Å²) in [5, 5.41) is 20.1. The fraction of sp³-hybridized carbons (Fsp3) is 0.455. The van der Waals surface area contributed by atoms with Crippen LogP contribution < -0.4 is 0 Å². The summed E-state index contributed by atoms with van der Waals surface area (Å²) in [6.45, 7) is 1.86. The van der Waals surface area contributed by atoms with E-state index < -0.39 is 12.2 Å². The number of halogens is 1. The minimum absolute atomic E-state index is 0.464. The van der Waals surface area contributed by atoms with Crippen molar-refractivity contribution in [2.75, 3.05) is 5.75 Å². The molecule has 0 saturated heterocycles. The van der Waals surface area contributed by atoms with Crippen molar-refractivity contribution in [3.05, 3.63) is 34.3 Å². The lowest BCUT2D eigenvalue weighted by Crippen LogP contribution is -2.18. The van der Waals surface area contributed by atoms with Crippen LogP contribution in [0.5, 0.6) is 0 Å². The number of thiol groups is 1. The van der Waals surface area contributed by atoms with E-state index in [0.29, 0.717) is 22.8 Å². The number of hydrogen-bond acceptors (Lipinski definition) is 3. The quantitative estimate of drug-likeness (QED) is 0.714. The summed E-state index contributed by atoms with van der Waals surface area (Å²) < 4.78 is 0. The van der Waals surface area contributed by atoms with Gasteiger partial charge in [-0.1, -0.05) is 23.7 Å². The summed E-state index contributed by atoms with van der Waals surface area (Å²) in [5.74, 6) is 0.546. The molecular weight excluding hydrogens is 232 g/mol. The molecule has 2 atom stereocenters. The maximum absolute atomic E-state index is 9.81. The van der Waals surface area contributed by atoms with E-state index in [1.807, 2.05) is 6.92 Å². The first-order valence-electron chi connectivity index (χ1n) is 4.79. The lowest BCUT2D eigenvalue weighted by Gasteiger charge is -2.17. The second-order valence-corrected chi connectivity index (χ2v) is 4.39. The molecule has 4 heteroatoms. The third-order valence-electron chi connectivity index (χ3n) is 2.31. The van der Waals surface area contributed by atoms with E-state index in [9.17, 15) is 10.2 Å². The van der Waals surface area contributed by atoms with Crippen molar-refractivity contribution in [3.63, 3.8) is 0 Å². The Bertz CT molecular complexity index is 330. The molecule has 0 saturated carbocycles. The Morgan fingerprint density at radius 1 is 1.40 bits per heavy atom. The summed E-state index contributed by atoms with van der Waals surface area (Å²) in [6, 6.07) is 5.24. The highest BCUT2D eigenvalue weighted by Crippen LogP contribution is 2.23. The molecule has 0 bridgehead atoms. The predicted molar refractivity (Wildman–Crippen MR) is 65.6 cm³/mol. The molecule has 2 nitrogen and oxygen atoms in total. The smallest absolute Gasteiger partial charge is 0.105 e. The van der Waals surface area contributed by atoms with E-state index in [-0.39, 0.29) is 0 Å². The van der Waals surface area contributed by atoms with E-state index in [2.05, 4.69) is 12.6 Å². The van der Waals surface area contributed by atoms with Crippen molar-refractivity contribution in [1.29, 1.82) is 0 Å². The van der Waals surface area contributed by atoms with Crippen LogP contribution in [0.1, 0.15) is 23.7 Å². The Balaban J connectivity index is 2.81. The molecule has 0 aliphatic carbocycles. The largest absolute Gasteiger partial charge is 0.390 e. The van der Waals surface area contributed by atoms with E-state index in [1.54, 1.807) is 18.2 Å². The van der Waals surface area contributed by atoms with Gasteiger partial charge < -0.3 is 10.2 Å². The first-order chi connectivity index (χ1) is 7.06. The first-order valence-corrected chi connectivity index (χ1v) is 5.80. The highest BCUT2D eigenvalue weighted by molar-refractivity contribution is 7.80. The molecule has 0 radical (unpaired) electrons. The SMILES string of the molecule is Cc1cc(C(O)C(O)CCS)ccc1Cl. The molecule has 0 spiro atoms. The number of rotatable bonds is 4. The third-order valence-corrected chi connectivity index (χ3v) is 3.00. The third kappa shape index (κ3) is 3.38. The van der Waals surface area contributed by atoms with Crippen LogP contribution in [0.25, 0.3) is 0 Å². The average molecular weight is 247 g/mol. The van der Waals surface area contributed by atoms with E-state index in [1.165, 1.54) is 0 Å². The van der Waals surface area contributed by atoms with Crippen molar-refractivity contribution >= 4 is 24.2 Å². The van der Waals surface area contributed by atoms with Gasteiger partial charge in [0.15, 0.2) is 0 Å². The molecule has 0 amide bonds. The Labute approximate surface area is 100 Å². The minimum Gasteiger partial charge on any atom is -0.390 e. The van der Waals surface area contributed by atoms with Gasteiger partial charge in [0.05, 0.1) is 6.10 Å². The Kier molecular flexibility index (Phi) is 4.93. The van der Waals surface area contributed by atoms with Crippen LogP contribution in [0.3, 0.4) is 0 Å². The highest BCUT2D eigenvalue weighted by atomic mass is 35.5. The minimum atomic E-state index is -0.867. The standard InChI is InChI=1S/C11H15ClO2S/c1-7-6-8(2-3-9(7)12)11(14)10(13)4-5-15/h2-3,6,10-11,13-15H,4-5H2,1H3. The molecule has 0 heterocycles. The number of benzene rings is 1. The van der Waals surface area contributed by atoms with Crippen LogP contribution in [0.4, 0.5) is 0 Å². The van der Waals surface area contributed by atoms with Gasteiger partial charge in [-0.2, -0.15) is 12.6 Å². The zero-order valence-corrected chi connectivity index (χ0v) is 10.2. The lowest BCUT2D eigenvalue weighted by atomic mass is 10.0. The molecule has 0 aromatic heterocycles. The zero-order valence-electron chi connectivity index (χ0n) is 8.52. The Hall–Kier alpha value is -0.220. The van der Waals surface area contributed by atoms with Gasteiger partial charge in [0, 0.05) is 5.02 Å². The molecule has 0 aliphatic heterocycles. The van der Waals surface area contributed by atoms with Gasteiger partial charge in [0.1, 0.15) is 6.10 Å². The van der Waals surface area contributed by atoms with Crippen LogP contribution in [-0.4, -0.2) is 22.1 Å². The van der Waals surface area contributed by atoms with Crippen LogP contribution in [0.2, 0.25) is 5.02 Å². The summed E-state index contributed by atoms with van der Waals surface area (Å²) >= 11 is 9.88. The van der Waals surface area contributed by atoms with Gasteiger partial charge in [0.25, 0.3) is 0 Å². The molecule has 1 rings (SSSR count). The van der Waals surface area contributed by atoms with Crippen LogP contribution in [0.15, 0.2) is 18.2 Å². The van der Waals surface area contributed by atoms with Gasteiger partial charge in [-0.25, -0.2) is 0 Å². The summed E-state index contributed by atoms with van der Waals surface area (Å²) in [6.07, 6.45) is -1.18. The van der Waals surface area contributed by atoms with Crippen molar-refractivity contribution in [2.45, 2.75) is 25.6 Å². The zero-order chi connectivity index (χ0) is 11.4. The lowest BCUT2D eigenvalue weighted by molar-refractivity contribution is 0.0172.